The highest BCUT2D eigenvalue weighted by atomic mass is 127. The van der Waals surface area contributed by atoms with E-state index in [1.54, 1.807) is 29.5 Å². The molecule has 0 heterocycles. The predicted octanol–water partition coefficient (Wildman–Crippen LogP) is -2.35. The van der Waals surface area contributed by atoms with Gasteiger partial charge in [0.25, 0.3) is 23.6 Å². The molecule has 6 amide bonds. The standard InChI is InChI=1S/C38H53I3N6O15/c1-5-25-26(35(58)42-6-20(54)12-48)18(2)33(31(40)28(25)37(60)44-8-22(56)14-50)46(16-52)10-23(57)11-47(17-53)34-19(3)27(36(59)43-7-21(55)13-49)30(39)29(32(34)41)38(61)45-9-24(15-51)62-4/h16-17,20-24,48-51,54-57H,5-15H2,1-4H3,(H,42,58)(H,43,59)(H,44,60)(H,45,61). The Hall–Kier alpha value is -2.91. The fourth-order valence-electron chi connectivity index (χ4n) is 6.22. The van der Waals surface area contributed by atoms with Gasteiger partial charge in [-0.05, 0) is 105 Å². The molecule has 0 aliphatic rings. The number of carbonyl (C=O) groups excluding carboxylic acids is 6. The Kier molecular flexibility index (Phi) is 23.8. The van der Waals surface area contributed by atoms with Crippen LogP contribution in [0.25, 0.3) is 0 Å². The van der Waals surface area contributed by atoms with Crippen molar-refractivity contribution in [2.75, 3.05) is 82.6 Å². The number of hydrogen-bond acceptors (Lipinski definition) is 15. The summed E-state index contributed by atoms with van der Waals surface area (Å²) in [6.45, 7) is -0.0877. The first-order valence-electron chi connectivity index (χ1n) is 18.9. The molecule has 346 valence electrons. The highest BCUT2D eigenvalue weighted by Gasteiger charge is 2.33. The van der Waals surface area contributed by atoms with E-state index < -0.39 is 93.7 Å². The lowest BCUT2D eigenvalue weighted by Crippen LogP contribution is -2.42. The van der Waals surface area contributed by atoms with E-state index in [1.807, 2.05) is 45.2 Å². The van der Waals surface area contributed by atoms with Gasteiger partial charge in [-0.3, -0.25) is 28.8 Å². The highest BCUT2D eigenvalue weighted by Crippen LogP contribution is 2.38. The average molecular weight is 1210 g/mol. The summed E-state index contributed by atoms with van der Waals surface area (Å²) < 4.78 is 5.61. The van der Waals surface area contributed by atoms with Crippen molar-refractivity contribution < 1.29 is 74.4 Å². The Balaban J connectivity index is 2.78. The van der Waals surface area contributed by atoms with Crippen molar-refractivity contribution in [3.8, 4) is 0 Å². The molecule has 0 fully saturated rings. The van der Waals surface area contributed by atoms with Gasteiger partial charge in [0.2, 0.25) is 12.8 Å². The second-order valence-corrected chi connectivity index (χ2v) is 17.0. The van der Waals surface area contributed by atoms with Crippen LogP contribution >= 0.6 is 67.8 Å². The number of hydrogen-bond donors (Lipinski definition) is 12. The molecule has 0 radical (unpaired) electrons. The van der Waals surface area contributed by atoms with E-state index >= 15 is 0 Å². The minimum atomic E-state index is -1.59. The van der Waals surface area contributed by atoms with E-state index in [9.17, 15) is 69.6 Å². The van der Waals surface area contributed by atoms with Crippen molar-refractivity contribution >= 4 is 116 Å². The molecule has 5 unspecified atom stereocenters. The van der Waals surface area contributed by atoms with Gasteiger partial charge in [-0.1, -0.05) is 6.92 Å². The van der Waals surface area contributed by atoms with Crippen molar-refractivity contribution in [2.24, 2.45) is 0 Å². The van der Waals surface area contributed by atoms with Crippen LogP contribution in [0.2, 0.25) is 0 Å². The second kappa shape index (κ2) is 26.8. The lowest BCUT2D eigenvalue weighted by Gasteiger charge is -2.31. The van der Waals surface area contributed by atoms with Gasteiger partial charge >= 0.3 is 0 Å². The first-order chi connectivity index (χ1) is 29.3. The number of nitrogens with zero attached hydrogens (tertiary/aromatic N) is 2. The number of halogens is 3. The van der Waals surface area contributed by atoms with Crippen LogP contribution in [0, 0.1) is 24.6 Å². The third-order valence-electron chi connectivity index (χ3n) is 9.42. The number of nitrogens with one attached hydrogen (secondary N) is 4. The quantitative estimate of drug-likeness (QED) is 0.0347. The Labute approximate surface area is 398 Å². The number of aliphatic hydroxyl groups is 8. The van der Waals surface area contributed by atoms with Gasteiger partial charge in [-0.15, -0.1) is 0 Å². The fraction of sp³-hybridized carbons (Fsp3) is 0.526. The van der Waals surface area contributed by atoms with E-state index in [-0.39, 0.29) is 93.6 Å². The number of rotatable bonds is 26. The minimum absolute atomic E-state index is 0.00969. The van der Waals surface area contributed by atoms with Crippen molar-refractivity contribution in [3.63, 3.8) is 0 Å². The molecule has 0 saturated heterocycles. The fourth-order valence-corrected chi connectivity index (χ4v) is 10.4. The molecule has 0 saturated carbocycles. The minimum Gasteiger partial charge on any atom is -0.394 e. The molecular weight excluding hydrogens is 1160 g/mol. The number of methoxy groups -OCH3 is 1. The lowest BCUT2D eigenvalue weighted by molar-refractivity contribution is -0.108. The summed E-state index contributed by atoms with van der Waals surface area (Å²) in [4.78, 5) is 82.6. The van der Waals surface area contributed by atoms with E-state index in [0.29, 0.717) is 12.8 Å². The summed E-state index contributed by atoms with van der Waals surface area (Å²) in [6, 6.07) is 0. The molecule has 2 rings (SSSR count). The lowest BCUT2D eigenvalue weighted by atomic mass is 9.91. The van der Waals surface area contributed by atoms with E-state index in [2.05, 4.69) is 21.3 Å². The van der Waals surface area contributed by atoms with E-state index in [0.717, 1.165) is 9.80 Å². The van der Waals surface area contributed by atoms with Crippen LogP contribution in [-0.2, 0) is 20.7 Å². The number of aliphatic hydroxyl groups excluding tert-OH is 8. The van der Waals surface area contributed by atoms with Crippen molar-refractivity contribution in [3.05, 3.63) is 49.7 Å². The SMILES string of the molecule is CCc1c(C(=O)NCC(O)CO)c(C)c(N(C=O)CC(O)CN(C=O)c2c(C)c(C(=O)NCC(O)CO)c(I)c(C(=O)NCC(CO)OC)c2I)c(I)c1C(=O)NCC(O)CO. The monoisotopic (exact) mass is 1210 g/mol. The van der Waals surface area contributed by atoms with Crippen LogP contribution in [0.5, 0.6) is 0 Å². The third-order valence-corrected chi connectivity index (χ3v) is 12.6. The summed E-state index contributed by atoms with van der Waals surface area (Å²) in [6.07, 6.45) is -5.52. The Morgan fingerprint density at radius 3 is 1.34 bits per heavy atom. The molecule has 12 N–H and O–H groups in total. The van der Waals surface area contributed by atoms with E-state index in [1.165, 1.54) is 21.0 Å². The first-order valence-corrected chi connectivity index (χ1v) is 22.2. The van der Waals surface area contributed by atoms with Crippen molar-refractivity contribution in [2.45, 2.75) is 57.7 Å². The van der Waals surface area contributed by atoms with Gasteiger partial charge in [0.15, 0.2) is 0 Å². The van der Waals surface area contributed by atoms with Gasteiger partial charge in [-0.2, -0.15) is 0 Å². The van der Waals surface area contributed by atoms with Gasteiger partial charge in [0, 0.05) is 42.4 Å². The van der Waals surface area contributed by atoms with Crippen molar-refractivity contribution in [1.29, 1.82) is 0 Å². The molecule has 0 spiro atoms. The maximum Gasteiger partial charge on any atom is 0.253 e. The Morgan fingerprint density at radius 2 is 0.952 bits per heavy atom. The largest absolute Gasteiger partial charge is 0.394 e. The zero-order valence-corrected chi connectivity index (χ0v) is 40.8. The van der Waals surface area contributed by atoms with Gasteiger partial charge in [0.05, 0.1) is 105 Å². The van der Waals surface area contributed by atoms with E-state index in [4.69, 9.17) is 4.74 Å². The first kappa shape index (κ1) is 55.2. The summed E-state index contributed by atoms with van der Waals surface area (Å²) in [5.74, 6) is -3.02. The Morgan fingerprint density at radius 1 is 0.581 bits per heavy atom. The predicted molar refractivity (Wildman–Crippen MR) is 249 cm³/mol. The van der Waals surface area contributed by atoms with Crippen LogP contribution < -0.4 is 31.1 Å². The van der Waals surface area contributed by atoms with Gasteiger partial charge < -0.3 is 76.7 Å². The molecule has 0 aliphatic heterocycles. The summed E-state index contributed by atoms with van der Waals surface area (Å²) in [7, 11) is 1.33. The Bertz CT molecular complexity index is 1870. The van der Waals surface area contributed by atoms with Crippen LogP contribution in [0.15, 0.2) is 0 Å². The van der Waals surface area contributed by atoms with Gasteiger partial charge in [-0.25, -0.2) is 0 Å². The van der Waals surface area contributed by atoms with Crippen LogP contribution in [0.3, 0.4) is 0 Å². The number of carbonyl (C=O) groups is 6. The molecular formula is C38H53I3N6O15. The number of benzene rings is 2. The summed E-state index contributed by atoms with van der Waals surface area (Å²) >= 11 is 5.41. The van der Waals surface area contributed by atoms with Crippen LogP contribution in [-0.4, -0.2) is 181 Å². The molecule has 2 aromatic rings. The molecule has 2 aromatic carbocycles. The summed E-state index contributed by atoms with van der Waals surface area (Å²) in [5.41, 5.74) is 0.357. The molecule has 0 aliphatic carbocycles. The molecule has 5 atom stereocenters. The smallest absolute Gasteiger partial charge is 0.253 e. The molecule has 0 bridgehead atoms. The maximum atomic E-state index is 13.7. The number of amides is 6. The van der Waals surface area contributed by atoms with Crippen LogP contribution in [0.4, 0.5) is 11.4 Å². The molecule has 0 aromatic heterocycles. The third kappa shape index (κ3) is 14.0. The van der Waals surface area contributed by atoms with Crippen molar-refractivity contribution in [1.82, 2.24) is 21.3 Å². The zero-order valence-electron chi connectivity index (χ0n) is 34.3. The molecule has 21 nitrogen and oxygen atoms in total. The van der Waals surface area contributed by atoms with Gasteiger partial charge in [0.1, 0.15) is 0 Å². The molecule has 62 heavy (non-hydrogen) atoms. The highest BCUT2D eigenvalue weighted by molar-refractivity contribution is 14.1. The number of ether oxygens (including phenoxy) is 1. The average Bonchev–Trinajstić information content (AvgIpc) is 3.25. The zero-order chi connectivity index (χ0) is 47.0. The molecule has 24 heteroatoms. The second-order valence-electron chi connectivity index (χ2n) is 13.8. The maximum absolute atomic E-state index is 13.7. The number of anilines is 2. The summed E-state index contributed by atoms with van der Waals surface area (Å²) in [5, 5.41) is 89.0. The van der Waals surface area contributed by atoms with Crippen LogP contribution in [0.1, 0.15) is 65.0 Å². The topological polar surface area (TPSA) is 328 Å². The normalized spacial score (nSPS) is 13.6.